The molecule has 0 aliphatic carbocycles. The van der Waals surface area contributed by atoms with Gasteiger partial charge in [0.25, 0.3) is 0 Å². The molecule has 0 unspecified atom stereocenters. The summed E-state index contributed by atoms with van der Waals surface area (Å²) in [7, 11) is 0. The highest BCUT2D eigenvalue weighted by molar-refractivity contribution is 7.99. The van der Waals surface area contributed by atoms with Crippen molar-refractivity contribution in [2.24, 2.45) is 0 Å². The van der Waals surface area contributed by atoms with Crippen molar-refractivity contribution in [3.8, 4) is 11.8 Å². The van der Waals surface area contributed by atoms with Gasteiger partial charge in [-0.3, -0.25) is 4.79 Å². The smallest absolute Gasteiger partial charge is 0.304 e. The Balaban J connectivity index is 3.03. The van der Waals surface area contributed by atoms with Gasteiger partial charge in [0.15, 0.2) is 0 Å². The first-order valence-corrected chi connectivity index (χ1v) is 4.12. The van der Waals surface area contributed by atoms with Crippen LogP contribution in [-0.2, 0) is 4.79 Å². The molecule has 0 saturated carbocycles. The molecule has 10 heavy (non-hydrogen) atoms. The van der Waals surface area contributed by atoms with Crippen LogP contribution in [0.15, 0.2) is 0 Å². The maximum atomic E-state index is 9.98. The minimum Gasteiger partial charge on any atom is -0.481 e. The van der Waals surface area contributed by atoms with Crippen molar-refractivity contribution in [1.82, 2.24) is 0 Å². The number of carboxylic acid groups (broad SMARTS) is 1. The second-order valence-corrected chi connectivity index (χ2v) is 2.73. The standard InChI is InChI=1S/C7H10O2S/c1-2-3-5-10-6-4-7(8)9/h4-6H2,1H3,(H,8,9). The van der Waals surface area contributed by atoms with Crippen molar-refractivity contribution < 1.29 is 9.90 Å². The number of thioether (sulfide) groups is 1. The Hall–Kier alpha value is -0.620. The summed E-state index contributed by atoms with van der Waals surface area (Å²) in [5.74, 6) is 6.24. The normalized spacial score (nSPS) is 8.10. The number of carbonyl (C=O) groups is 1. The SMILES string of the molecule is CC#CCSCCC(=O)O. The van der Waals surface area contributed by atoms with Gasteiger partial charge in [-0.2, -0.15) is 0 Å². The zero-order valence-electron chi connectivity index (χ0n) is 5.89. The number of carboxylic acids is 1. The molecule has 0 atom stereocenters. The predicted octanol–water partition coefficient (Wildman–Crippen LogP) is 1.22. The Morgan fingerprint density at radius 1 is 1.70 bits per heavy atom. The van der Waals surface area contributed by atoms with Crippen LogP contribution in [0.4, 0.5) is 0 Å². The van der Waals surface area contributed by atoms with Crippen LogP contribution in [0.3, 0.4) is 0 Å². The maximum absolute atomic E-state index is 9.98. The van der Waals surface area contributed by atoms with Gasteiger partial charge in [0.2, 0.25) is 0 Å². The maximum Gasteiger partial charge on any atom is 0.304 e. The molecular weight excluding hydrogens is 148 g/mol. The molecule has 0 heterocycles. The van der Waals surface area contributed by atoms with Gasteiger partial charge < -0.3 is 5.11 Å². The lowest BCUT2D eigenvalue weighted by Gasteiger charge is -1.90. The molecule has 1 N–H and O–H groups in total. The monoisotopic (exact) mass is 158 g/mol. The Morgan fingerprint density at radius 3 is 2.90 bits per heavy atom. The van der Waals surface area contributed by atoms with Crippen LogP contribution in [0.1, 0.15) is 13.3 Å². The van der Waals surface area contributed by atoms with Crippen molar-refractivity contribution in [2.45, 2.75) is 13.3 Å². The van der Waals surface area contributed by atoms with Crippen molar-refractivity contribution in [3.63, 3.8) is 0 Å². The molecule has 2 nitrogen and oxygen atoms in total. The summed E-state index contributed by atoms with van der Waals surface area (Å²) in [4.78, 5) is 9.98. The van der Waals surface area contributed by atoms with E-state index in [0.717, 1.165) is 5.75 Å². The second kappa shape index (κ2) is 6.50. The zero-order valence-corrected chi connectivity index (χ0v) is 6.70. The average molecular weight is 158 g/mol. The first kappa shape index (κ1) is 9.38. The van der Waals surface area contributed by atoms with Crippen LogP contribution in [0.5, 0.6) is 0 Å². The predicted molar refractivity (Wildman–Crippen MR) is 43.0 cm³/mol. The molecule has 0 saturated heterocycles. The van der Waals surface area contributed by atoms with Crippen molar-refractivity contribution >= 4 is 17.7 Å². The fraction of sp³-hybridized carbons (Fsp3) is 0.571. The molecule has 0 aliphatic rings. The Morgan fingerprint density at radius 2 is 2.40 bits per heavy atom. The highest BCUT2D eigenvalue weighted by Crippen LogP contribution is 1.99. The van der Waals surface area contributed by atoms with Gasteiger partial charge in [0.1, 0.15) is 0 Å². The highest BCUT2D eigenvalue weighted by Gasteiger charge is 1.93. The van der Waals surface area contributed by atoms with Crippen molar-refractivity contribution in [2.75, 3.05) is 11.5 Å². The van der Waals surface area contributed by atoms with Gasteiger partial charge in [-0.05, 0) is 6.92 Å². The van der Waals surface area contributed by atoms with E-state index in [1.807, 2.05) is 0 Å². The number of aliphatic carboxylic acids is 1. The van der Waals surface area contributed by atoms with Crippen LogP contribution in [0, 0.1) is 11.8 Å². The Kier molecular flexibility index (Phi) is 6.10. The van der Waals surface area contributed by atoms with E-state index in [1.54, 1.807) is 18.7 Å². The molecule has 0 aromatic rings. The summed E-state index contributed by atoms with van der Waals surface area (Å²) < 4.78 is 0. The van der Waals surface area contributed by atoms with Crippen molar-refractivity contribution in [3.05, 3.63) is 0 Å². The molecule has 0 fully saturated rings. The van der Waals surface area contributed by atoms with E-state index < -0.39 is 5.97 Å². The summed E-state index contributed by atoms with van der Waals surface area (Å²) in [6.45, 7) is 1.78. The molecule has 0 aliphatic heterocycles. The molecule has 3 heteroatoms. The van der Waals surface area contributed by atoms with E-state index in [4.69, 9.17) is 5.11 Å². The molecule has 0 aromatic carbocycles. The van der Waals surface area contributed by atoms with Gasteiger partial charge in [-0.1, -0.05) is 5.92 Å². The summed E-state index contributed by atoms with van der Waals surface area (Å²) in [6.07, 6.45) is 0.232. The third-order valence-corrected chi connectivity index (χ3v) is 1.65. The Labute approximate surface area is 65.0 Å². The lowest BCUT2D eigenvalue weighted by atomic mass is 10.5. The minimum absolute atomic E-state index is 0.232. The second-order valence-electron chi connectivity index (χ2n) is 1.62. The van der Waals surface area contributed by atoms with E-state index in [0.29, 0.717) is 5.75 Å². The van der Waals surface area contributed by atoms with Gasteiger partial charge in [-0.15, -0.1) is 17.7 Å². The highest BCUT2D eigenvalue weighted by atomic mass is 32.2. The summed E-state index contributed by atoms with van der Waals surface area (Å²) in [5.41, 5.74) is 0. The first-order chi connectivity index (χ1) is 4.77. The van der Waals surface area contributed by atoms with Crippen LogP contribution in [0.2, 0.25) is 0 Å². The molecule has 56 valence electrons. The van der Waals surface area contributed by atoms with E-state index in [9.17, 15) is 4.79 Å². The molecule has 0 bridgehead atoms. The third-order valence-electron chi connectivity index (χ3n) is 0.811. The van der Waals surface area contributed by atoms with Gasteiger partial charge in [0, 0.05) is 5.75 Å². The largest absolute Gasteiger partial charge is 0.481 e. The van der Waals surface area contributed by atoms with E-state index >= 15 is 0 Å². The minimum atomic E-state index is -0.739. The lowest BCUT2D eigenvalue weighted by Crippen LogP contribution is -1.95. The number of hydrogen-bond donors (Lipinski definition) is 1. The van der Waals surface area contributed by atoms with E-state index in [1.165, 1.54) is 0 Å². The summed E-state index contributed by atoms with van der Waals surface area (Å²) >= 11 is 1.55. The molecule has 0 rings (SSSR count). The number of hydrogen-bond acceptors (Lipinski definition) is 2. The summed E-state index contributed by atoms with van der Waals surface area (Å²) in [5, 5.41) is 8.22. The number of rotatable bonds is 4. The molecular formula is C7H10O2S. The zero-order chi connectivity index (χ0) is 7.82. The topological polar surface area (TPSA) is 37.3 Å². The van der Waals surface area contributed by atoms with Crippen LogP contribution < -0.4 is 0 Å². The van der Waals surface area contributed by atoms with Crippen molar-refractivity contribution in [1.29, 1.82) is 0 Å². The Bertz CT molecular complexity index is 155. The van der Waals surface area contributed by atoms with E-state index in [-0.39, 0.29) is 6.42 Å². The molecule has 0 spiro atoms. The average Bonchev–Trinajstić information content (AvgIpc) is 1.87. The van der Waals surface area contributed by atoms with Gasteiger partial charge >= 0.3 is 5.97 Å². The molecule has 0 amide bonds. The fourth-order valence-corrected chi connectivity index (χ4v) is 1.06. The summed E-state index contributed by atoms with van der Waals surface area (Å²) in [6, 6.07) is 0. The lowest BCUT2D eigenvalue weighted by molar-refractivity contribution is -0.136. The quantitative estimate of drug-likeness (QED) is 0.493. The van der Waals surface area contributed by atoms with Crippen LogP contribution >= 0.6 is 11.8 Å². The van der Waals surface area contributed by atoms with Gasteiger partial charge in [0.05, 0.1) is 12.2 Å². The van der Waals surface area contributed by atoms with Crippen LogP contribution in [0.25, 0.3) is 0 Å². The molecule has 0 aromatic heterocycles. The first-order valence-electron chi connectivity index (χ1n) is 2.96. The van der Waals surface area contributed by atoms with Gasteiger partial charge in [-0.25, -0.2) is 0 Å². The fourth-order valence-electron chi connectivity index (χ4n) is 0.355. The van der Waals surface area contributed by atoms with E-state index in [2.05, 4.69) is 11.8 Å². The van der Waals surface area contributed by atoms with Crippen LogP contribution in [-0.4, -0.2) is 22.6 Å². The molecule has 0 radical (unpaired) electrons. The third kappa shape index (κ3) is 7.38.